The number of carbonyl (C=O) groups is 1. The zero-order valence-corrected chi connectivity index (χ0v) is 17.9. The first kappa shape index (κ1) is 23.0. The first-order valence-electron chi connectivity index (χ1n) is 9.73. The SMILES string of the molecule is CCC[C@H](N[P+]1(O)OC[C@H]2O[C@@H](n3ccc(N)nc3=O)[C@](C)(O)[C@@H]2O1)C(=O)OCC. The molecule has 1 unspecified atom stereocenters. The van der Waals surface area contributed by atoms with E-state index in [1.165, 1.54) is 19.2 Å². The predicted octanol–water partition coefficient (Wildman–Crippen LogP) is -0.119. The van der Waals surface area contributed by atoms with Crippen molar-refractivity contribution in [2.45, 2.75) is 63.7 Å². The summed E-state index contributed by atoms with van der Waals surface area (Å²) >= 11 is 0. The number of esters is 1. The molecule has 168 valence electrons. The molecule has 2 saturated heterocycles. The molecular weight excluding hydrogens is 419 g/mol. The van der Waals surface area contributed by atoms with Crippen LogP contribution in [-0.4, -0.2) is 62.6 Å². The average Bonchev–Trinajstić information content (AvgIpc) is 2.92. The Balaban J connectivity index is 1.80. The van der Waals surface area contributed by atoms with Crippen molar-refractivity contribution in [3.8, 4) is 0 Å². The number of rotatable bonds is 7. The Morgan fingerprint density at radius 1 is 1.57 bits per heavy atom. The number of anilines is 1. The molecule has 12 nitrogen and oxygen atoms in total. The van der Waals surface area contributed by atoms with Gasteiger partial charge < -0.3 is 20.3 Å². The maximum absolute atomic E-state index is 12.2. The van der Waals surface area contributed by atoms with E-state index in [1.807, 2.05) is 6.92 Å². The minimum Gasteiger partial charge on any atom is -0.465 e. The van der Waals surface area contributed by atoms with Crippen molar-refractivity contribution in [2.75, 3.05) is 18.9 Å². The molecule has 0 saturated carbocycles. The van der Waals surface area contributed by atoms with E-state index < -0.39 is 49.8 Å². The van der Waals surface area contributed by atoms with E-state index in [0.29, 0.717) is 12.8 Å². The summed E-state index contributed by atoms with van der Waals surface area (Å²) < 4.78 is 23.1. The molecule has 2 aliphatic rings. The van der Waals surface area contributed by atoms with Crippen LogP contribution >= 0.6 is 8.09 Å². The number of ether oxygens (including phenoxy) is 2. The molecule has 30 heavy (non-hydrogen) atoms. The number of nitrogens with zero attached hydrogens (tertiary/aromatic N) is 2. The Kier molecular flexibility index (Phi) is 6.78. The number of nitrogens with one attached hydrogen (secondary N) is 1. The molecule has 0 bridgehead atoms. The Hall–Kier alpha value is -1.66. The maximum Gasteiger partial charge on any atom is 0.500 e. The van der Waals surface area contributed by atoms with E-state index in [2.05, 4.69) is 10.1 Å². The van der Waals surface area contributed by atoms with Gasteiger partial charge in [0.05, 0.1) is 6.61 Å². The number of nitrogens with two attached hydrogens (primary N) is 1. The topological polar surface area (TPSA) is 167 Å². The third-order valence-electron chi connectivity index (χ3n) is 4.96. The number of aliphatic hydroxyl groups is 1. The maximum atomic E-state index is 12.2. The third-order valence-corrected chi connectivity index (χ3v) is 6.61. The van der Waals surface area contributed by atoms with Gasteiger partial charge in [0.25, 0.3) is 0 Å². The van der Waals surface area contributed by atoms with Crippen LogP contribution in [0.25, 0.3) is 0 Å². The molecule has 3 heterocycles. The number of hydrogen-bond acceptors (Lipinski definition) is 11. The molecule has 1 aromatic rings. The number of nitrogen functional groups attached to an aromatic ring is 1. The summed E-state index contributed by atoms with van der Waals surface area (Å²) in [5, 5.41) is 13.8. The Morgan fingerprint density at radius 3 is 2.93 bits per heavy atom. The van der Waals surface area contributed by atoms with Gasteiger partial charge in [0, 0.05) is 6.20 Å². The molecule has 2 fully saturated rings. The lowest BCUT2D eigenvalue weighted by atomic mass is 9.96. The summed E-state index contributed by atoms with van der Waals surface area (Å²) in [7, 11) is -3.73. The Bertz CT molecular complexity index is 836. The van der Waals surface area contributed by atoms with E-state index in [-0.39, 0.29) is 19.0 Å². The van der Waals surface area contributed by atoms with Gasteiger partial charge in [0.15, 0.2) is 12.3 Å². The molecule has 0 spiro atoms. The fraction of sp³-hybridized carbons (Fsp3) is 0.706. The highest BCUT2D eigenvalue weighted by Gasteiger charge is 2.65. The Labute approximate surface area is 173 Å². The lowest BCUT2D eigenvalue weighted by Gasteiger charge is -2.34. The fourth-order valence-corrected chi connectivity index (χ4v) is 5.37. The van der Waals surface area contributed by atoms with Crippen LogP contribution in [0.15, 0.2) is 17.1 Å². The quantitative estimate of drug-likeness (QED) is 0.325. The molecule has 0 radical (unpaired) electrons. The molecule has 6 atom stereocenters. The van der Waals surface area contributed by atoms with Crippen LogP contribution < -0.4 is 16.5 Å². The summed E-state index contributed by atoms with van der Waals surface area (Å²) in [4.78, 5) is 38.9. The van der Waals surface area contributed by atoms with Crippen molar-refractivity contribution in [2.24, 2.45) is 0 Å². The molecule has 1 aromatic heterocycles. The first-order valence-corrected chi connectivity index (χ1v) is 11.3. The van der Waals surface area contributed by atoms with Gasteiger partial charge in [-0.05, 0) is 26.3 Å². The highest BCUT2D eigenvalue weighted by atomic mass is 31.2. The standard InChI is InChI=1S/C17H27N4O8P/c1-4-6-10(14(22)26-5-2)20-30(25)27-9-11-13(29-30)17(3,24)15(28-11)21-8-7-12(18)19-16(21)23/h7-8,10-11,13,15,20,24-25H,4-6,9H2,1-3H3,(H-,18,19,23)/p+1/t10-,11+,13+,15+,17+,30?/m0/s1. The molecular formula is C17H28N4O8P+. The van der Waals surface area contributed by atoms with Crippen LogP contribution in [0.3, 0.4) is 0 Å². The van der Waals surface area contributed by atoms with Gasteiger partial charge in [0.1, 0.15) is 30.2 Å². The second-order valence-corrected chi connectivity index (χ2v) is 9.13. The highest BCUT2D eigenvalue weighted by Crippen LogP contribution is 2.61. The first-order chi connectivity index (χ1) is 14.1. The number of fused-ring (bicyclic) bond motifs is 1. The minimum atomic E-state index is -3.73. The van der Waals surface area contributed by atoms with E-state index in [4.69, 9.17) is 24.3 Å². The van der Waals surface area contributed by atoms with E-state index in [1.54, 1.807) is 6.92 Å². The van der Waals surface area contributed by atoms with Crippen molar-refractivity contribution in [1.82, 2.24) is 14.6 Å². The van der Waals surface area contributed by atoms with Crippen LogP contribution in [0.1, 0.15) is 39.8 Å². The summed E-state index contributed by atoms with van der Waals surface area (Å²) in [6, 6.07) is 0.566. The summed E-state index contributed by atoms with van der Waals surface area (Å²) in [6.07, 6.45) is -0.526. The predicted molar refractivity (Wildman–Crippen MR) is 106 cm³/mol. The third kappa shape index (κ3) is 4.50. The highest BCUT2D eigenvalue weighted by molar-refractivity contribution is 7.58. The van der Waals surface area contributed by atoms with Crippen molar-refractivity contribution < 1.29 is 33.3 Å². The van der Waals surface area contributed by atoms with Gasteiger partial charge in [0.2, 0.25) is 0 Å². The van der Waals surface area contributed by atoms with Crippen LogP contribution in [0, 0.1) is 0 Å². The lowest BCUT2D eigenvalue weighted by molar-refractivity contribution is -0.145. The molecule has 0 amide bonds. The number of hydrogen-bond donors (Lipinski definition) is 4. The van der Waals surface area contributed by atoms with Gasteiger partial charge >= 0.3 is 19.8 Å². The smallest absolute Gasteiger partial charge is 0.465 e. The molecule has 2 aliphatic heterocycles. The van der Waals surface area contributed by atoms with Gasteiger partial charge in [-0.15, -0.1) is 5.09 Å². The van der Waals surface area contributed by atoms with Crippen LogP contribution in [0.4, 0.5) is 5.82 Å². The number of carbonyl (C=O) groups excluding carboxylic acids is 1. The van der Waals surface area contributed by atoms with Crippen LogP contribution in [0.5, 0.6) is 0 Å². The largest absolute Gasteiger partial charge is 0.500 e. The van der Waals surface area contributed by atoms with Crippen LogP contribution in [-0.2, 0) is 23.3 Å². The summed E-state index contributed by atoms with van der Waals surface area (Å²) in [5.74, 6) is -0.495. The minimum absolute atomic E-state index is 0.0383. The fourth-order valence-electron chi connectivity index (χ4n) is 3.53. The monoisotopic (exact) mass is 447 g/mol. The molecule has 5 N–H and O–H groups in total. The molecule has 13 heteroatoms. The van der Waals surface area contributed by atoms with Gasteiger partial charge in [-0.25, -0.2) is 4.79 Å². The summed E-state index contributed by atoms with van der Waals surface area (Å²) in [6.45, 7) is 5.07. The normalized spacial score (nSPS) is 34.4. The second-order valence-electron chi connectivity index (χ2n) is 7.36. The van der Waals surface area contributed by atoms with E-state index >= 15 is 0 Å². The van der Waals surface area contributed by atoms with Crippen molar-refractivity contribution >= 4 is 19.9 Å². The van der Waals surface area contributed by atoms with Gasteiger partial charge in [-0.3, -0.25) is 9.36 Å². The number of aromatic nitrogens is 2. The van der Waals surface area contributed by atoms with Crippen molar-refractivity contribution in [3.05, 3.63) is 22.7 Å². The molecule has 3 rings (SSSR count). The van der Waals surface area contributed by atoms with Crippen LogP contribution in [0.2, 0.25) is 0 Å². The molecule has 0 aliphatic carbocycles. The van der Waals surface area contributed by atoms with Gasteiger partial charge in [-0.2, -0.15) is 18.9 Å². The zero-order chi connectivity index (χ0) is 22.1. The van der Waals surface area contributed by atoms with Gasteiger partial charge in [-0.1, -0.05) is 13.3 Å². The molecule has 0 aromatic carbocycles. The zero-order valence-electron chi connectivity index (χ0n) is 17.1. The van der Waals surface area contributed by atoms with Crippen molar-refractivity contribution in [3.63, 3.8) is 0 Å². The Morgan fingerprint density at radius 2 is 2.30 bits per heavy atom. The van der Waals surface area contributed by atoms with E-state index in [9.17, 15) is 19.6 Å². The summed E-state index contributed by atoms with van der Waals surface area (Å²) in [5.41, 5.74) is 3.10. The van der Waals surface area contributed by atoms with Crippen molar-refractivity contribution in [1.29, 1.82) is 0 Å². The second kappa shape index (κ2) is 8.83. The van der Waals surface area contributed by atoms with E-state index in [0.717, 1.165) is 4.57 Å². The lowest BCUT2D eigenvalue weighted by Crippen LogP contribution is -2.51. The average molecular weight is 447 g/mol.